The van der Waals surface area contributed by atoms with E-state index in [1.54, 1.807) is 0 Å². The van der Waals surface area contributed by atoms with Crippen molar-refractivity contribution in [1.29, 1.82) is 0 Å². The molecule has 1 aromatic heterocycles. The molecule has 2 rings (SSSR count). The first kappa shape index (κ1) is 15.5. The summed E-state index contributed by atoms with van der Waals surface area (Å²) in [6.07, 6.45) is 2.47. The first-order valence-electron chi connectivity index (χ1n) is 7.42. The summed E-state index contributed by atoms with van der Waals surface area (Å²) in [5, 5.41) is 7.91. The quantitative estimate of drug-likeness (QED) is 0.848. The molecule has 0 saturated heterocycles. The SMILES string of the molecule is CCc1nnc(COc2c(C)cccc2CC(N)CC)o1. The number of aromatic nitrogens is 2. The number of hydrogen-bond acceptors (Lipinski definition) is 5. The minimum Gasteiger partial charge on any atom is -0.483 e. The first-order chi connectivity index (χ1) is 10.1. The third kappa shape index (κ3) is 4.04. The number of nitrogens with two attached hydrogens (primary N) is 1. The highest BCUT2D eigenvalue weighted by atomic mass is 16.5. The van der Waals surface area contributed by atoms with E-state index in [1.165, 1.54) is 0 Å². The van der Waals surface area contributed by atoms with E-state index in [0.717, 1.165) is 36.1 Å². The van der Waals surface area contributed by atoms with Crippen molar-refractivity contribution < 1.29 is 9.15 Å². The molecule has 0 spiro atoms. The van der Waals surface area contributed by atoms with Crippen molar-refractivity contribution in [2.24, 2.45) is 5.73 Å². The fourth-order valence-corrected chi connectivity index (χ4v) is 2.13. The molecule has 1 atom stereocenters. The average molecular weight is 289 g/mol. The Morgan fingerprint density at radius 2 is 2.00 bits per heavy atom. The van der Waals surface area contributed by atoms with E-state index in [2.05, 4.69) is 23.2 Å². The van der Waals surface area contributed by atoms with Crippen LogP contribution >= 0.6 is 0 Å². The maximum Gasteiger partial charge on any atom is 0.253 e. The van der Waals surface area contributed by atoms with E-state index in [1.807, 2.05) is 26.0 Å². The molecule has 0 fully saturated rings. The van der Waals surface area contributed by atoms with Gasteiger partial charge in [-0.05, 0) is 30.9 Å². The Hall–Kier alpha value is -1.88. The summed E-state index contributed by atoms with van der Waals surface area (Å²) in [4.78, 5) is 0. The van der Waals surface area contributed by atoms with Crippen LogP contribution in [0.2, 0.25) is 0 Å². The molecule has 21 heavy (non-hydrogen) atoms. The van der Waals surface area contributed by atoms with Crippen LogP contribution in [0, 0.1) is 6.92 Å². The lowest BCUT2D eigenvalue weighted by Gasteiger charge is -2.15. The minimum absolute atomic E-state index is 0.143. The molecule has 0 radical (unpaired) electrons. The second-order valence-corrected chi connectivity index (χ2v) is 5.17. The molecular formula is C16H23N3O2. The van der Waals surface area contributed by atoms with Gasteiger partial charge in [0.1, 0.15) is 5.75 Å². The highest BCUT2D eigenvalue weighted by Crippen LogP contribution is 2.25. The molecule has 2 N–H and O–H groups in total. The summed E-state index contributed by atoms with van der Waals surface area (Å²) in [7, 11) is 0. The smallest absolute Gasteiger partial charge is 0.253 e. The molecule has 0 aliphatic carbocycles. The number of hydrogen-bond donors (Lipinski definition) is 1. The molecular weight excluding hydrogens is 266 g/mol. The zero-order valence-electron chi connectivity index (χ0n) is 12.9. The van der Waals surface area contributed by atoms with Gasteiger partial charge in [-0.25, -0.2) is 0 Å². The van der Waals surface area contributed by atoms with Gasteiger partial charge >= 0.3 is 0 Å². The Balaban J connectivity index is 2.10. The van der Waals surface area contributed by atoms with Crippen molar-refractivity contribution in [2.75, 3.05) is 0 Å². The lowest BCUT2D eigenvalue weighted by atomic mass is 10.0. The number of benzene rings is 1. The normalized spacial score (nSPS) is 12.4. The van der Waals surface area contributed by atoms with Crippen molar-refractivity contribution in [3.8, 4) is 5.75 Å². The van der Waals surface area contributed by atoms with E-state index in [0.29, 0.717) is 11.8 Å². The van der Waals surface area contributed by atoms with Crippen LogP contribution in [0.1, 0.15) is 43.2 Å². The van der Waals surface area contributed by atoms with Crippen LogP contribution in [-0.2, 0) is 19.4 Å². The monoisotopic (exact) mass is 289 g/mol. The maximum absolute atomic E-state index is 6.06. The highest BCUT2D eigenvalue weighted by Gasteiger charge is 2.12. The van der Waals surface area contributed by atoms with Crippen LogP contribution in [0.15, 0.2) is 22.6 Å². The Bertz CT molecular complexity index is 581. The van der Waals surface area contributed by atoms with Gasteiger partial charge < -0.3 is 14.9 Å². The Kier molecular flexibility index (Phi) is 5.33. The van der Waals surface area contributed by atoms with E-state index < -0.39 is 0 Å². The lowest BCUT2D eigenvalue weighted by molar-refractivity contribution is 0.255. The molecule has 5 heteroatoms. The highest BCUT2D eigenvalue weighted by molar-refractivity contribution is 5.41. The molecule has 114 valence electrons. The van der Waals surface area contributed by atoms with E-state index >= 15 is 0 Å². The van der Waals surface area contributed by atoms with Gasteiger partial charge in [-0.2, -0.15) is 0 Å². The van der Waals surface area contributed by atoms with Gasteiger partial charge in [0.05, 0.1) is 0 Å². The van der Waals surface area contributed by atoms with Crippen LogP contribution in [0.25, 0.3) is 0 Å². The Labute approximate surface area is 125 Å². The molecule has 2 aromatic rings. The van der Waals surface area contributed by atoms with Crippen LogP contribution in [0.5, 0.6) is 5.75 Å². The van der Waals surface area contributed by atoms with Crippen LogP contribution in [0.3, 0.4) is 0 Å². The fraction of sp³-hybridized carbons (Fsp3) is 0.500. The van der Waals surface area contributed by atoms with Crippen molar-refractivity contribution in [3.63, 3.8) is 0 Å². The van der Waals surface area contributed by atoms with Crippen molar-refractivity contribution in [3.05, 3.63) is 41.1 Å². The number of ether oxygens (including phenoxy) is 1. The lowest BCUT2D eigenvalue weighted by Crippen LogP contribution is -2.21. The third-order valence-corrected chi connectivity index (χ3v) is 3.45. The molecule has 1 aromatic carbocycles. The molecule has 5 nitrogen and oxygen atoms in total. The summed E-state index contributed by atoms with van der Waals surface area (Å²) >= 11 is 0. The largest absolute Gasteiger partial charge is 0.483 e. The van der Waals surface area contributed by atoms with E-state index in [4.69, 9.17) is 14.9 Å². The summed E-state index contributed by atoms with van der Waals surface area (Å²) in [6.45, 7) is 6.38. The number of nitrogens with zero attached hydrogens (tertiary/aromatic N) is 2. The predicted molar refractivity (Wildman–Crippen MR) is 81.2 cm³/mol. The summed E-state index contributed by atoms with van der Waals surface area (Å²) < 4.78 is 11.4. The molecule has 0 saturated carbocycles. The zero-order valence-corrected chi connectivity index (χ0v) is 12.9. The van der Waals surface area contributed by atoms with Crippen molar-refractivity contribution in [2.45, 2.75) is 52.7 Å². The summed E-state index contributed by atoms with van der Waals surface area (Å²) in [6, 6.07) is 6.26. The number of rotatable bonds is 7. The fourth-order valence-electron chi connectivity index (χ4n) is 2.13. The van der Waals surface area contributed by atoms with Gasteiger partial charge in [-0.15, -0.1) is 10.2 Å². The van der Waals surface area contributed by atoms with Gasteiger partial charge in [-0.1, -0.05) is 32.0 Å². The van der Waals surface area contributed by atoms with Gasteiger partial charge in [0.15, 0.2) is 6.61 Å². The second-order valence-electron chi connectivity index (χ2n) is 5.17. The second kappa shape index (κ2) is 7.22. The summed E-state index contributed by atoms with van der Waals surface area (Å²) in [5.74, 6) is 2.00. The van der Waals surface area contributed by atoms with Gasteiger partial charge in [0.25, 0.3) is 5.89 Å². The predicted octanol–water partition coefficient (Wildman–Crippen LogP) is 2.80. The molecule has 0 aliphatic rings. The summed E-state index contributed by atoms with van der Waals surface area (Å²) in [5.41, 5.74) is 8.27. The number of aryl methyl sites for hydroxylation is 2. The minimum atomic E-state index is 0.143. The molecule has 0 bridgehead atoms. The van der Waals surface area contributed by atoms with Crippen molar-refractivity contribution >= 4 is 0 Å². The van der Waals surface area contributed by atoms with E-state index in [9.17, 15) is 0 Å². The van der Waals surface area contributed by atoms with Crippen molar-refractivity contribution in [1.82, 2.24) is 10.2 Å². The topological polar surface area (TPSA) is 74.2 Å². The van der Waals surface area contributed by atoms with E-state index in [-0.39, 0.29) is 12.6 Å². The van der Waals surface area contributed by atoms with Crippen LogP contribution < -0.4 is 10.5 Å². The Morgan fingerprint density at radius 1 is 1.24 bits per heavy atom. The maximum atomic E-state index is 6.06. The molecule has 1 heterocycles. The average Bonchev–Trinajstić information content (AvgIpc) is 2.94. The van der Waals surface area contributed by atoms with Gasteiger partial charge in [-0.3, -0.25) is 0 Å². The number of para-hydroxylation sites is 1. The molecule has 1 unspecified atom stereocenters. The van der Waals surface area contributed by atoms with Crippen LogP contribution in [0.4, 0.5) is 0 Å². The Morgan fingerprint density at radius 3 is 2.67 bits per heavy atom. The van der Waals surface area contributed by atoms with Crippen LogP contribution in [-0.4, -0.2) is 16.2 Å². The first-order valence-corrected chi connectivity index (χ1v) is 7.42. The zero-order chi connectivity index (χ0) is 15.2. The van der Waals surface area contributed by atoms with Gasteiger partial charge in [0.2, 0.25) is 5.89 Å². The molecule has 0 aliphatic heterocycles. The standard InChI is InChI=1S/C16H23N3O2/c1-4-13(17)9-12-8-6-7-11(3)16(12)20-10-15-19-18-14(5-2)21-15/h6-8,13H,4-5,9-10,17H2,1-3H3. The van der Waals surface area contributed by atoms with Gasteiger partial charge in [0, 0.05) is 12.5 Å². The third-order valence-electron chi connectivity index (χ3n) is 3.45. The molecule has 0 amide bonds.